The van der Waals surface area contributed by atoms with E-state index >= 15 is 0 Å². The summed E-state index contributed by atoms with van der Waals surface area (Å²) < 4.78 is 23.1. The van der Waals surface area contributed by atoms with Crippen molar-refractivity contribution < 1.29 is 28.5 Å². The second kappa shape index (κ2) is 10.0. The number of carbonyl (C=O) groups is 2. The molecule has 0 bridgehead atoms. The molecule has 0 spiro atoms. The largest absolute Gasteiger partial charge is 0.456 e. The molecule has 5 atom stereocenters. The van der Waals surface area contributed by atoms with Crippen LogP contribution >= 0.6 is 15.9 Å². The van der Waals surface area contributed by atoms with E-state index in [4.69, 9.17) is 18.9 Å². The Labute approximate surface area is 178 Å². The maximum atomic E-state index is 12.6. The Bertz CT molecular complexity index is 813. The van der Waals surface area contributed by atoms with Gasteiger partial charge in [0.15, 0.2) is 17.2 Å². The Morgan fingerprint density at radius 1 is 0.931 bits per heavy atom. The molecule has 1 saturated heterocycles. The van der Waals surface area contributed by atoms with Gasteiger partial charge >= 0.3 is 11.9 Å². The minimum Gasteiger partial charge on any atom is -0.456 e. The lowest BCUT2D eigenvalue weighted by molar-refractivity contribution is -0.222. The Kier molecular flexibility index (Phi) is 7.41. The molecule has 29 heavy (non-hydrogen) atoms. The smallest absolute Gasteiger partial charge is 0.338 e. The normalized spacial score (nSPS) is 26.5. The van der Waals surface area contributed by atoms with Crippen LogP contribution in [0.2, 0.25) is 0 Å². The Morgan fingerprint density at radius 3 is 2.17 bits per heavy atom. The van der Waals surface area contributed by atoms with Gasteiger partial charge in [0, 0.05) is 6.92 Å². The van der Waals surface area contributed by atoms with Gasteiger partial charge in [0.2, 0.25) is 0 Å². The van der Waals surface area contributed by atoms with Gasteiger partial charge in [-0.2, -0.15) is 0 Å². The molecule has 2 aromatic carbocycles. The van der Waals surface area contributed by atoms with Crippen molar-refractivity contribution >= 4 is 27.9 Å². The second-order valence-electron chi connectivity index (χ2n) is 6.76. The summed E-state index contributed by atoms with van der Waals surface area (Å²) in [5.74, 6) is -0.965. The van der Waals surface area contributed by atoms with Crippen LogP contribution in [-0.2, 0) is 30.3 Å². The molecule has 0 radical (unpaired) electrons. The van der Waals surface area contributed by atoms with Crippen LogP contribution in [0.15, 0.2) is 60.7 Å². The van der Waals surface area contributed by atoms with E-state index in [1.54, 1.807) is 31.2 Å². The van der Waals surface area contributed by atoms with Crippen LogP contribution in [0, 0.1) is 0 Å². The van der Waals surface area contributed by atoms with Gasteiger partial charge in [-0.25, -0.2) is 4.79 Å². The first-order chi connectivity index (χ1) is 14.0. The molecule has 0 saturated carbocycles. The molecule has 3 rings (SSSR count). The van der Waals surface area contributed by atoms with Crippen LogP contribution in [0.5, 0.6) is 0 Å². The van der Waals surface area contributed by atoms with Crippen LogP contribution in [-0.4, -0.2) is 41.4 Å². The number of rotatable bonds is 6. The van der Waals surface area contributed by atoms with Crippen LogP contribution in [0.1, 0.15) is 29.8 Å². The molecule has 1 aliphatic heterocycles. The Balaban J connectivity index is 1.82. The third kappa shape index (κ3) is 5.65. The number of benzene rings is 2. The maximum absolute atomic E-state index is 12.6. The topological polar surface area (TPSA) is 71.1 Å². The second-order valence-corrected chi connectivity index (χ2v) is 7.67. The predicted octanol–water partition coefficient (Wildman–Crippen LogP) is 3.87. The summed E-state index contributed by atoms with van der Waals surface area (Å²) in [5.41, 5.74) is 1.37. The number of alkyl halides is 1. The van der Waals surface area contributed by atoms with Gasteiger partial charge in [0.25, 0.3) is 0 Å². The lowest BCUT2D eigenvalue weighted by atomic mass is 10.00. The molecule has 1 aliphatic rings. The van der Waals surface area contributed by atoms with Crippen molar-refractivity contribution in [3.8, 4) is 0 Å². The minimum atomic E-state index is -0.777. The number of ether oxygens (including phenoxy) is 4. The quantitative estimate of drug-likeness (QED) is 0.479. The van der Waals surface area contributed by atoms with Gasteiger partial charge < -0.3 is 18.9 Å². The Morgan fingerprint density at radius 2 is 1.55 bits per heavy atom. The van der Waals surface area contributed by atoms with Crippen molar-refractivity contribution in [3.63, 3.8) is 0 Å². The van der Waals surface area contributed by atoms with E-state index in [0.717, 1.165) is 5.56 Å². The van der Waals surface area contributed by atoms with Crippen molar-refractivity contribution in [2.75, 3.05) is 0 Å². The van der Waals surface area contributed by atoms with E-state index in [2.05, 4.69) is 15.9 Å². The fourth-order valence-electron chi connectivity index (χ4n) is 3.16. The fraction of sp³-hybridized carbons (Fsp3) is 0.364. The SMILES string of the molecule is CC(=O)O[C@@H]1[C@H](OCc2ccccc2)[C@@H](OC(=O)c2ccccc2)[C@H](C)O[C@H]1Br. The van der Waals surface area contributed by atoms with E-state index in [9.17, 15) is 9.59 Å². The molecule has 0 aliphatic carbocycles. The van der Waals surface area contributed by atoms with Crippen molar-refractivity contribution in [1.82, 2.24) is 0 Å². The van der Waals surface area contributed by atoms with E-state index in [-0.39, 0.29) is 6.61 Å². The molecule has 7 heteroatoms. The molecule has 1 heterocycles. The first-order valence-electron chi connectivity index (χ1n) is 9.34. The summed E-state index contributed by atoms with van der Waals surface area (Å²) in [5, 5.41) is -0.589. The standard InChI is InChI=1S/C22H23BrO6/c1-14-18(29-22(25)17-11-7-4-8-12-17)19(20(21(23)27-14)28-15(2)24)26-13-16-9-5-3-6-10-16/h3-12,14,18-21H,13H2,1-2H3/t14-,18-,19+,20+,21+/m0/s1. The van der Waals surface area contributed by atoms with Crippen molar-refractivity contribution in [1.29, 1.82) is 0 Å². The molecule has 2 aromatic rings. The van der Waals surface area contributed by atoms with Crippen LogP contribution in [0.4, 0.5) is 0 Å². The zero-order valence-corrected chi connectivity index (χ0v) is 17.8. The monoisotopic (exact) mass is 462 g/mol. The summed E-state index contributed by atoms with van der Waals surface area (Å²) in [6.45, 7) is 3.38. The molecular formula is C22H23BrO6. The van der Waals surface area contributed by atoms with Crippen molar-refractivity contribution in [2.45, 2.75) is 49.9 Å². The van der Waals surface area contributed by atoms with Gasteiger partial charge in [-0.1, -0.05) is 64.5 Å². The Hall–Kier alpha value is -2.22. The zero-order chi connectivity index (χ0) is 20.8. The third-order valence-electron chi connectivity index (χ3n) is 4.55. The van der Waals surface area contributed by atoms with Gasteiger partial charge in [-0.05, 0) is 24.6 Å². The summed E-state index contributed by atoms with van der Waals surface area (Å²) >= 11 is 3.41. The number of halogens is 1. The van der Waals surface area contributed by atoms with E-state index in [0.29, 0.717) is 5.56 Å². The fourth-order valence-corrected chi connectivity index (χ4v) is 3.91. The number of hydrogen-bond acceptors (Lipinski definition) is 6. The maximum Gasteiger partial charge on any atom is 0.338 e. The number of carbonyl (C=O) groups excluding carboxylic acids is 2. The van der Waals surface area contributed by atoms with E-state index < -0.39 is 41.4 Å². The lowest BCUT2D eigenvalue weighted by Crippen LogP contribution is -2.58. The minimum absolute atomic E-state index is 0.273. The van der Waals surface area contributed by atoms with E-state index in [1.165, 1.54) is 6.92 Å². The highest BCUT2D eigenvalue weighted by molar-refractivity contribution is 9.09. The van der Waals surface area contributed by atoms with Gasteiger partial charge in [-0.15, -0.1) is 0 Å². The highest BCUT2D eigenvalue weighted by atomic mass is 79.9. The molecule has 6 nitrogen and oxygen atoms in total. The average Bonchev–Trinajstić information content (AvgIpc) is 2.72. The summed E-state index contributed by atoms with van der Waals surface area (Å²) in [6.07, 6.45) is -2.72. The molecule has 0 amide bonds. The molecule has 154 valence electrons. The van der Waals surface area contributed by atoms with Gasteiger partial charge in [0.1, 0.15) is 6.10 Å². The summed E-state index contributed by atoms with van der Waals surface area (Å²) in [6, 6.07) is 18.3. The molecule has 0 aromatic heterocycles. The summed E-state index contributed by atoms with van der Waals surface area (Å²) in [7, 11) is 0. The third-order valence-corrected chi connectivity index (χ3v) is 5.29. The van der Waals surface area contributed by atoms with Crippen LogP contribution < -0.4 is 0 Å². The van der Waals surface area contributed by atoms with Crippen molar-refractivity contribution in [2.24, 2.45) is 0 Å². The molecule has 1 fully saturated rings. The number of esters is 2. The molecular weight excluding hydrogens is 440 g/mol. The predicted molar refractivity (Wildman–Crippen MR) is 109 cm³/mol. The van der Waals surface area contributed by atoms with Crippen molar-refractivity contribution in [3.05, 3.63) is 71.8 Å². The van der Waals surface area contributed by atoms with Crippen LogP contribution in [0.3, 0.4) is 0 Å². The van der Waals surface area contributed by atoms with Gasteiger partial charge in [0.05, 0.1) is 18.3 Å². The highest BCUT2D eigenvalue weighted by Crippen LogP contribution is 2.32. The van der Waals surface area contributed by atoms with Gasteiger partial charge in [-0.3, -0.25) is 4.79 Å². The zero-order valence-electron chi connectivity index (χ0n) is 16.2. The summed E-state index contributed by atoms with van der Waals surface area (Å²) in [4.78, 5) is 24.3. The molecule has 0 unspecified atom stereocenters. The first-order valence-corrected chi connectivity index (χ1v) is 10.3. The number of hydrogen-bond donors (Lipinski definition) is 0. The average molecular weight is 463 g/mol. The first kappa shape index (κ1) is 21.5. The molecule has 0 N–H and O–H groups in total. The lowest BCUT2D eigenvalue weighted by Gasteiger charge is -2.42. The van der Waals surface area contributed by atoms with E-state index in [1.807, 2.05) is 36.4 Å². The van der Waals surface area contributed by atoms with Crippen LogP contribution in [0.25, 0.3) is 0 Å². The highest BCUT2D eigenvalue weighted by Gasteiger charge is 2.48.